The molecule has 0 amide bonds. The van der Waals surface area contributed by atoms with Crippen LogP contribution in [0.3, 0.4) is 0 Å². The maximum absolute atomic E-state index is 4.21. The zero-order valence-electron chi connectivity index (χ0n) is 8.60. The molecule has 15 heavy (non-hydrogen) atoms. The van der Waals surface area contributed by atoms with E-state index in [4.69, 9.17) is 0 Å². The van der Waals surface area contributed by atoms with Crippen molar-refractivity contribution in [2.45, 2.75) is 20.0 Å². The maximum Gasteiger partial charge on any atom is 0.0897 e. The van der Waals surface area contributed by atoms with Gasteiger partial charge in [-0.3, -0.25) is 4.98 Å². The predicted octanol–water partition coefficient (Wildman–Crippen LogP) is 2.14. The van der Waals surface area contributed by atoms with Crippen molar-refractivity contribution in [2.75, 3.05) is 0 Å². The van der Waals surface area contributed by atoms with Gasteiger partial charge in [-0.2, -0.15) is 0 Å². The van der Waals surface area contributed by atoms with Crippen LogP contribution in [0.4, 0.5) is 0 Å². The number of aryl methyl sites for hydroxylation is 1. The van der Waals surface area contributed by atoms with Crippen LogP contribution in [0.25, 0.3) is 0 Å². The second-order valence-corrected chi connectivity index (χ2v) is 4.63. The lowest BCUT2D eigenvalue weighted by Crippen LogP contribution is -2.11. The minimum atomic E-state index is 0.852. The summed E-state index contributed by atoms with van der Waals surface area (Å²) in [5, 5.41) is 4.48. The molecule has 2 aromatic heterocycles. The van der Waals surface area contributed by atoms with E-state index in [0.717, 1.165) is 18.1 Å². The Kier molecular flexibility index (Phi) is 3.42. The van der Waals surface area contributed by atoms with E-state index in [0.29, 0.717) is 0 Å². The normalized spacial score (nSPS) is 10.5. The molecule has 2 rings (SSSR count). The third kappa shape index (κ3) is 3.11. The van der Waals surface area contributed by atoms with E-state index in [9.17, 15) is 0 Å². The molecular weight excluding hydrogens is 206 g/mol. The summed E-state index contributed by atoms with van der Waals surface area (Å²) in [5.74, 6) is 0. The molecule has 2 aromatic rings. The first kappa shape index (κ1) is 10.3. The number of rotatable bonds is 4. The maximum atomic E-state index is 4.21. The Bertz CT molecular complexity index is 411. The van der Waals surface area contributed by atoms with Crippen molar-refractivity contribution < 1.29 is 0 Å². The Labute approximate surface area is 93.2 Å². The Morgan fingerprint density at radius 2 is 2.27 bits per heavy atom. The van der Waals surface area contributed by atoms with Crippen molar-refractivity contribution in [2.24, 2.45) is 0 Å². The van der Waals surface area contributed by atoms with Crippen LogP contribution >= 0.6 is 11.3 Å². The lowest BCUT2D eigenvalue weighted by molar-refractivity contribution is 0.698. The van der Waals surface area contributed by atoms with Gasteiger partial charge in [-0.15, -0.1) is 11.3 Å². The summed E-state index contributed by atoms with van der Waals surface area (Å²) >= 11 is 1.73. The van der Waals surface area contributed by atoms with Crippen molar-refractivity contribution in [3.05, 3.63) is 46.2 Å². The number of nitrogens with zero attached hydrogens (tertiary/aromatic N) is 2. The van der Waals surface area contributed by atoms with Crippen molar-refractivity contribution >= 4 is 11.3 Å². The van der Waals surface area contributed by atoms with Crippen LogP contribution in [0.15, 0.2) is 30.7 Å². The van der Waals surface area contributed by atoms with E-state index in [1.807, 2.05) is 25.4 Å². The minimum Gasteiger partial charge on any atom is -0.308 e. The molecule has 0 aliphatic heterocycles. The Morgan fingerprint density at radius 3 is 2.93 bits per heavy atom. The number of pyridine rings is 1. The molecule has 0 fully saturated rings. The Balaban J connectivity index is 1.80. The molecule has 4 heteroatoms. The second-order valence-electron chi connectivity index (χ2n) is 3.31. The summed E-state index contributed by atoms with van der Waals surface area (Å²) in [4.78, 5) is 9.55. The van der Waals surface area contributed by atoms with Crippen molar-refractivity contribution in [1.29, 1.82) is 0 Å². The van der Waals surface area contributed by atoms with E-state index in [2.05, 4.69) is 21.4 Å². The molecule has 2 heterocycles. The van der Waals surface area contributed by atoms with Crippen molar-refractivity contribution in [1.82, 2.24) is 15.3 Å². The molecule has 1 N–H and O–H groups in total. The lowest BCUT2D eigenvalue weighted by atomic mass is 10.3. The van der Waals surface area contributed by atoms with Crippen LogP contribution in [-0.4, -0.2) is 9.97 Å². The highest BCUT2D eigenvalue weighted by atomic mass is 32.1. The molecule has 3 nitrogen and oxygen atoms in total. The van der Waals surface area contributed by atoms with E-state index in [1.165, 1.54) is 10.4 Å². The number of hydrogen-bond acceptors (Lipinski definition) is 4. The second kappa shape index (κ2) is 5.00. The molecular formula is C11H13N3S. The molecule has 0 saturated carbocycles. The largest absolute Gasteiger partial charge is 0.308 e. The summed E-state index contributed by atoms with van der Waals surface area (Å²) in [7, 11) is 0. The highest BCUT2D eigenvalue weighted by Gasteiger charge is 1.97. The molecule has 0 aromatic carbocycles. The summed E-state index contributed by atoms with van der Waals surface area (Å²) in [6, 6.07) is 4.02. The van der Waals surface area contributed by atoms with Crippen LogP contribution in [0, 0.1) is 6.92 Å². The van der Waals surface area contributed by atoms with Gasteiger partial charge in [-0.05, 0) is 18.6 Å². The fraction of sp³-hybridized carbons (Fsp3) is 0.273. The topological polar surface area (TPSA) is 37.8 Å². The van der Waals surface area contributed by atoms with Gasteiger partial charge >= 0.3 is 0 Å². The number of hydrogen-bond donors (Lipinski definition) is 1. The first-order valence-corrected chi connectivity index (χ1v) is 5.67. The first-order valence-electron chi connectivity index (χ1n) is 4.85. The van der Waals surface area contributed by atoms with Gasteiger partial charge in [0.15, 0.2) is 0 Å². The standard InChI is InChI=1S/C11H13N3S/c1-9-14-8-11(15-9)7-13-6-10-3-2-4-12-5-10/h2-5,8,13H,6-7H2,1H3. The number of nitrogens with one attached hydrogen (secondary N) is 1. The van der Waals surface area contributed by atoms with Gasteiger partial charge in [0.05, 0.1) is 5.01 Å². The fourth-order valence-electron chi connectivity index (χ4n) is 1.32. The van der Waals surface area contributed by atoms with Crippen LogP contribution in [0.5, 0.6) is 0 Å². The molecule has 0 aliphatic rings. The molecule has 0 aliphatic carbocycles. The van der Waals surface area contributed by atoms with Crippen LogP contribution in [-0.2, 0) is 13.1 Å². The molecule has 78 valence electrons. The minimum absolute atomic E-state index is 0.852. The van der Waals surface area contributed by atoms with E-state index in [-0.39, 0.29) is 0 Å². The molecule has 0 bridgehead atoms. The Hall–Kier alpha value is -1.26. The highest BCUT2D eigenvalue weighted by molar-refractivity contribution is 7.11. The van der Waals surface area contributed by atoms with Gasteiger partial charge in [0, 0.05) is 36.6 Å². The number of aromatic nitrogens is 2. The smallest absolute Gasteiger partial charge is 0.0897 e. The molecule has 0 radical (unpaired) electrons. The van der Waals surface area contributed by atoms with Crippen molar-refractivity contribution in [3.63, 3.8) is 0 Å². The molecule has 0 atom stereocenters. The quantitative estimate of drug-likeness (QED) is 0.856. The highest BCUT2D eigenvalue weighted by Crippen LogP contribution is 2.10. The first-order chi connectivity index (χ1) is 7.34. The molecule has 0 spiro atoms. The zero-order valence-corrected chi connectivity index (χ0v) is 9.42. The van der Waals surface area contributed by atoms with Crippen LogP contribution in [0.2, 0.25) is 0 Å². The van der Waals surface area contributed by atoms with Gasteiger partial charge in [0.2, 0.25) is 0 Å². The van der Waals surface area contributed by atoms with Gasteiger partial charge in [-0.1, -0.05) is 6.07 Å². The van der Waals surface area contributed by atoms with Crippen LogP contribution < -0.4 is 5.32 Å². The summed E-state index contributed by atoms with van der Waals surface area (Å²) < 4.78 is 0. The third-order valence-electron chi connectivity index (χ3n) is 2.02. The van der Waals surface area contributed by atoms with Gasteiger partial charge in [0.25, 0.3) is 0 Å². The lowest BCUT2D eigenvalue weighted by Gasteiger charge is -2.01. The Morgan fingerprint density at radius 1 is 1.33 bits per heavy atom. The van der Waals surface area contributed by atoms with E-state index in [1.54, 1.807) is 17.5 Å². The van der Waals surface area contributed by atoms with Gasteiger partial charge in [0.1, 0.15) is 0 Å². The van der Waals surface area contributed by atoms with Gasteiger partial charge in [-0.25, -0.2) is 4.98 Å². The average Bonchev–Trinajstić information content (AvgIpc) is 2.66. The SMILES string of the molecule is Cc1ncc(CNCc2cccnc2)s1. The van der Waals surface area contributed by atoms with Crippen LogP contribution in [0.1, 0.15) is 15.4 Å². The summed E-state index contributed by atoms with van der Waals surface area (Å²) in [5.41, 5.74) is 1.21. The predicted molar refractivity (Wildman–Crippen MR) is 61.6 cm³/mol. The molecule has 0 saturated heterocycles. The summed E-state index contributed by atoms with van der Waals surface area (Å²) in [6.07, 6.45) is 5.59. The average molecular weight is 219 g/mol. The summed E-state index contributed by atoms with van der Waals surface area (Å²) in [6.45, 7) is 3.75. The number of thiazole rings is 1. The fourth-order valence-corrected chi connectivity index (χ4v) is 2.08. The van der Waals surface area contributed by atoms with E-state index >= 15 is 0 Å². The van der Waals surface area contributed by atoms with Gasteiger partial charge < -0.3 is 5.32 Å². The molecule has 0 unspecified atom stereocenters. The monoisotopic (exact) mass is 219 g/mol. The van der Waals surface area contributed by atoms with Crippen molar-refractivity contribution in [3.8, 4) is 0 Å². The third-order valence-corrected chi connectivity index (χ3v) is 2.93. The van der Waals surface area contributed by atoms with E-state index < -0.39 is 0 Å². The zero-order chi connectivity index (χ0) is 10.5.